The Morgan fingerprint density at radius 2 is 2.16 bits per heavy atom. The molecule has 2 aromatic heterocycles. The lowest BCUT2D eigenvalue weighted by Crippen LogP contribution is -2.35. The molecule has 2 unspecified atom stereocenters. The molecule has 4 N–H and O–H groups in total. The summed E-state index contributed by atoms with van der Waals surface area (Å²) in [6.07, 6.45) is 7.36. The van der Waals surface area contributed by atoms with E-state index in [4.69, 9.17) is 9.47 Å². The van der Waals surface area contributed by atoms with Crippen molar-refractivity contribution >= 4 is 23.6 Å². The highest BCUT2D eigenvalue weighted by molar-refractivity contribution is 6.07. The van der Waals surface area contributed by atoms with Crippen LogP contribution >= 0.6 is 0 Å². The van der Waals surface area contributed by atoms with E-state index in [0.29, 0.717) is 60.3 Å². The quantitative estimate of drug-likeness (QED) is 0.296. The number of aldehydes is 1. The first-order valence-electron chi connectivity index (χ1n) is 13.0. The van der Waals surface area contributed by atoms with E-state index in [-0.39, 0.29) is 17.6 Å². The van der Waals surface area contributed by atoms with Gasteiger partial charge in [-0.15, -0.1) is 0 Å². The number of nitrogens with one attached hydrogen (secondary N) is 4. The predicted octanol–water partition coefficient (Wildman–Crippen LogP) is 4.15. The van der Waals surface area contributed by atoms with Crippen LogP contribution in [0.1, 0.15) is 47.7 Å². The summed E-state index contributed by atoms with van der Waals surface area (Å²) in [5.41, 5.74) is 3.35. The fraction of sp³-hybridized carbons (Fsp3) is 0.393. The SMILES string of the molecule is COc1c(F)cccc1Nc1c(-c2ccncc2OCC2CCCNC2)[nH]c2c1C(=O)NCC2CCC=O. The van der Waals surface area contributed by atoms with E-state index in [0.717, 1.165) is 43.5 Å². The number of aromatic amines is 1. The van der Waals surface area contributed by atoms with Crippen molar-refractivity contribution in [3.63, 3.8) is 0 Å². The van der Waals surface area contributed by atoms with Crippen molar-refractivity contribution in [2.75, 3.05) is 38.7 Å². The first kappa shape index (κ1) is 25.7. The number of pyridine rings is 1. The van der Waals surface area contributed by atoms with Gasteiger partial charge in [-0.3, -0.25) is 9.78 Å². The monoisotopic (exact) mass is 521 g/mol. The van der Waals surface area contributed by atoms with Gasteiger partial charge < -0.3 is 35.2 Å². The van der Waals surface area contributed by atoms with Crippen LogP contribution < -0.4 is 25.4 Å². The standard InChI is InChI=1S/C28H32FN5O4/c1-37-27-20(29)7-2-8-21(27)33-26-23-24(18(6-4-12-35)14-32-28(23)36)34-25(26)19-9-11-31-15-22(19)38-16-17-5-3-10-30-13-17/h2,7-9,11-12,15,17-18,30,33-34H,3-6,10,13-14,16H2,1H3,(H,32,36). The molecule has 1 fully saturated rings. The zero-order valence-electron chi connectivity index (χ0n) is 21.3. The molecule has 0 saturated carbocycles. The molecule has 2 aliphatic heterocycles. The molecule has 2 atom stereocenters. The first-order valence-corrected chi connectivity index (χ1v) is 13.0. The van der Waals surface area contributed by atoms with Gasteiger partial charge >= 0.3 is 0 Å². The molecule has 9 nitrogen and oxygen atoms in total. The van der Waals surface area contributed by atoms with E-state index >= 15 is 0 Å². The van der Waals surface area contributed by atoms with Crippen LogP contribution in [0.3, 0.4) is 0 Å². The average molecular weight is 522 g/mol. The Bertz CT molecular complexity index is 1300. The Balaban J connectivity index is 1.59. The van der Waals surface area contributed by atoms with Crippen LogP contribution in [-0.4, -0.2) is 55.5 Å². The predicted molar refractivity (Wildman–Crippen MR) is 142 cm³/mol. The number of methoxy groups -OCH3 is 1. The molecule has 1 saturated heterocycles. The minimum Gasteiger partial charge on any atom is -0.492 e. The van der Waals surface area contributed by atoms with Gasteiger partial charge in [0.15, 0.2) is 11.6 Å². The van der Waals surface area contributed by atoms with E-state index in [2.05, 4.69) is 25.9 Å². The molecule has 2 aliphatic rings. The fourth-order valence-electron chi connectivity index (χ4n) is 5.24. The van der Waals surface area contributed by atoms with Gasteiger partial charge in [0.25, 0.3) is 5.91 Å². The number of anilines is 2. The molecule has 38 heavy (non-hydrogen) atoms. The number of para-hydroxylation sites is 1. The summed E-state index contributed by atoms with van der Waals surface area (Å²) in [6, 6.07) is 6.41. The third kappa shape index (κ3) is 5.22. The summed E-state index contributed by atoms with van der Waals surface area (Å²) in [7, 11) is 1.40. The van der Waals surface area contributed by atoms with Gasteiger partial charge in [-0.2, -0.15) is 0 Å². The van der Waals surface area contributed by atoms with Crippen LogP contribution in [0.2, 0.25) is 0 Å². The smallest absolute Gasteiger partial charge is 0.255 e. The molecule has 1 amide bonds. The van der Waals surface area contributed by atoms with Gasteiger partial charge in [0.05, 0.1) is 42.5 Å². The second-order valence-electron chi connectivity index (χ2n) is 9.66. The minimum absolute atomic E-state index is 0.0399. The highest BCUT2D eigenvalue weighted by Gasteiger charge is 2.33. The average Bonchev–Trinajstić information content (AvgIpc) is 3.32. The van der Waals surface area contributed by atoms with Crippen molar-refractivity contribution in [1.82, 2.24) is 20.6 Å². The van der Waals surface area contributed by atoms with Crippen LogP contribution in [0.4, 0.5) is 15.8 Å². The number of H-pyrrole nitrogens is 1. The third-order valence-electron chi connectivity index (χ3n) is 7.16. The lowest BCUT2D eigenvalue weighted by atomic mass is 9.92. The van der Waals surface area contributed by atoms with E-state index in [1.54, 1.807) is 24.5 Å². The maximum Gasteiger partial charge on any atom is 0.255 e. The number of rotatable bonds is 10. The summed E-state index contributed by atoms with van der Waals surface area (Å²) in [4.78, 5) is 32.1. The van der Waals surface area contributed by atoms with Crippen molar-refractivity contribution in [3.05, 3.63) is 53.7 Å². The van der Waals surface area contributed by atoms with Crippen molar-refractivity contribution in [1.29, 1.82) is 0 Å². The number of carbonyl (C=O) groups is 2. The highest BCUT2D eigenvalue weighted by atomic mass is 19.1. The number of amides is 1. The van der Waals surface area contributed by atoms with Crippen LogP contribution in [0.5, 0.6) is 11.5 Å². The second-order valence-corrected chi connectivity index (χ2v) is 9.66. The number of benzene rings is 1. The molecule has 10 heteroatoms. The molecule has 3 aromatic rings. The van der Waals surface area contributed by atoms with Gasteiger partial charge in [-0.1, -0.05) is 6.07 Å². The molecular weight excluding hydrogens is 489 g/mol. The first-order chi connectivity index (χ1) is 18.6. The number of fused-ring (bicyclic) bond motifs is 1. The van der Waals surface area contributed by atoms with Crippen LogP contribution in [0.15, 0.2) is 36.7 Å². The number of aromatic nitrogens is 2. The Hall–Kier alpha value is -3.92. The molecular formula is C28H32FN5O4. The molecule has 0 bridgehead atoms. The molecule has 0 radical (unpaired) electrons. The number of nitrogens with zero attached hydrogens (tertiary/aromatic N) is 1. The maximum atomic E-state index is 14.5. The van der Waals surface area contributed by atoms with Crippen molar-refractivity contribution in [2.45, 2.75) is 31.6 Å². The molecule has 1 aromatic carbocycles. The largest absolute Gasteiger partial charge is 0.492 e. The van der Waals surface area contributed by atoms with Crippen molar-refractivity contribution in [2.24, 2.45) is 5.92 Å². The van der Waals surface area contributed by atoms with Gasteiger partial charge in [0.2, 0.25) is 0 Å². The van der Waals surface area contributed by atoms with Gasteiger partial charge in [-0.05, 0) is 44.0 Å². The van der Waals surface area contributed by atoms with E-state index in [9.17, 15) is 14.0 Å². The Kier molecular flexibility index (Phi) is 7.88. The summed E-state index contributed by atoms with van der Waals surface area (Å²) >= 11 is 0. The third-order valence-corrected chi connectivity index (χ3v) is 7.16. The number of ether oxygens (including phenoxy) is 2. The summed E-state index contributed by atoms with van der Waals surface area (Å²) < 4.78 is 26.1. The Morgan fingerprint density at radius 1 is 1.26 bits per heavy atom. The van der Waals surface area contributed by atoms with Crippen molar-refractivity contribution < 1.29 is 23.5 Å². The van der Waals surface area contributed by atoms with E-state index in [1.807, 2.05) is 6.07 Å². The fourth-order valence-corrected chi connectivity index (χ4v) is 5.24. The van der Waals surface area contributed by atoms with Gasteiger partial charge in [-0.25, -0.2) is 4.39 Å². The molecule has 200 valence electrons. The van der Waals surface area contributed by atoms with Crippen LogP contribution in [0, 0.1) is 11.7 Å². The maximum absolute atomic E-state index is 14.5. The normalized spacial score (nSPS) is 18.8. The van der Waals surface area contributed by atoms with E-state index in [1.165, 1.54) is 13.2 Å². The number of hydrogen-bond acceptors (Lipinski definition) is 7. The van der Waals surface area contributed by atoms with Crippen LogP contribution in [0.25, 0.3) is 11.3 Å². The summed E-state index contributed by atoms with van der Waals surface area (Å²) in [6.45, 7) is 2.87. The second kappa shape index (κ2) is 11.6. The van der Waals surface area contributed by atoms with Crippen LogP contribution in [-0.2, 0) is 4.79 Å². The molecule has 0 aliphatic carbocycles. The lowest BCUT2D eigenvalue weighted by Gasteiger charge is -2.23. The molecule has 0 spiro atoms. The van der Waals surface area contributed by atoms with Gasteiger partial charge in [0, 0.05) is 48.8 Å². The molecule has 4 heterocycles. The lowest BCUT2D eigenvalue weighted by molar-refractivity contribution is -0.108. The molecule has 5 rings (SSSR count). The Morgan fingerprint density at radius 3 is 2.95 bits per heavy atom. The highest BCUT2D eigenvalue weighted by Crippen LogP contribution is 2.44. The number of halogens is 1. The zero-order chi connectivity index (χ0) is 26.5. The number of hydrogen-bond donors (Lipinski definition) is 4. The summed E-state index contributed by atoms with van der Waals surface area (Å²) in [5.74, 6) is 0.143. The zero-order valence-corrected chi connectivity index (χ0v) is 21.3. The minimum atomic E-state index is -0.522. The topological polar surface area (TPSA) is 117 Å². The van der Waals surface area contributed by atoms with E-state index < -0.39 is 5.82 Å². The summed E-state index contributed by atoms with van der Waals surface area (Å²) in [5, 5.41) is 9.61. The number of carbonyl (C=O) groups excluding carboxylic acids is 2. The Labute approximate surface area is 220 Å². The van der Waals surface area contributed by atoms with Crippen molar-refractivity contribution in [3.8, 4) is 22.8 Å². The van der Waals surface area contributed by atoms with Gasteiger partial charge in [0.1, 0.15) is 12.0 Å². The number of piperidine rings is 1.